The molecule has 1 aromatic carbocycles. The first-order valence-electron chi connectivity index (χ1n) is 5.25. The Balaban J connectivity index is 2.02. The molecule has 2 N–H and O–H groups in total. The van der Waals surface area contributed by atoms with Crippen LogP contribution in [0.3, 0.4) is 0 Å². The van der Waals surface area contributed by atoms with Crippen LogP contribution in [-0.2, 0) is 9.53 Å². The number of benzene rings is 1. The summed E-state index contributed by atoms with van der Waals surface area (Å²) in [5, 5.41) is 5.55. The van der Waals surface area contributed by atoms with Crippen molar-refractivity contribution in [1.82, 2.24) is 5.32 Å². The minimum absolute atomic E-state index is 0.160. The maximum absolute atomic E-state index is 13.5. The average Bonchev–Trinajstić information content (AvgIpc) is 2.34. The van der Waals surface area contributed by atoms with Crippen molar-refractivity contribution < 1.29 is 13.9 Å². The lowest BCUT2D eigenvalue weighted by Gasteiger charge is -2.22. The first-order valence-corrected chi connectivity index (χ1v) is 6.04. The molecule has 0 saturated carbocycles. The lowest BCUT2D eigenvalue weighted by molar-refractivity contribution is -0.128. The smallest absolute Gasteiger partial charge is 0.254 e. The van der Waals surface area contributed by atoms with Gasteiger partial charge in [-0.15, -0.1) is 0 Å². The molecular weight excluding hydrogens is 291 g/mol. The number of amides is 1. The van der Waals surface area contributed by atoms with Gasteiger partial charge in [-0.3, -0.25) is 4.79 Å². The van der Waals surface area contributed by atoms with Crippen LogP contribution in [0.1, 0.15) is 0 Å². The highest BCUT2D eigenvalue weighted by atomic mass is 79.9. The summed E-state index contributed by atoms with van der Waals surface area (Å²) < 4.78 is 19.4. The Morgan fingerprint density at radius 3 is 3.06 bits per heavy atom. The summed E-state index contributed by atoms with van der Waals surface area (Å²) >= 11 is 3.15. The van der Waals surface area contributed by atoms with Crippen molar-refractivity contribution in [1.29, 1.82) is 0 Å². The van der Waals surface area contributed by atoms with Crippen LogP contribution in [0.4, 0.5) is 10.1 Å². The monoisotopic (exact) mass is 302 g/mol. The number of rotatable bonds is 2. The highest BCUT2D eigenvalue weighted by Gasteiger charge is 2.22. The van der Waals surface area contributed by atoms with E-state index >= 15 is 0 Å². The topological polar surface area (TPSA) is 50.4 Å². The van der Waals surface area contributed by atoms with Gasteiger partial charge in [0.05, 0.1) is 12.3 Å². The Hall–Kier alpha value is -0.980. The fraction of sp³-hybridized carbons (Fsp3) is 0.364. The second-order valence-corrected chi connectivity index (χ2v) is 4.59. The van der Waals surface area contributed by atoms with Crippen LogP contribution in [0.25, 0.3) is 0 Å². The van der Waals surface area contributed by atoms with Gasteiger partial charge in [0.15, 0.2) is 0 Å². The summed E-state index contributed by atoms with van der Waals surface area (Å²) in [6, 6.07) is 4.47. The average molecular weight is 303 g/mol. The third-order valence-corrected chi connectivity index (χ3v) is 2.90. The Morgan fingerprint density at radius 1 is 1.59 bits per heavy atom. The van der Waals surface area contributed by atoms with Crippen LogP contribution < -0.4 is 10.6 Å². The second kappa shape index (κ2) is 5.57. The standard InChI is InChI=1S/C11H12BrFN2O2/c12-7-1-2-9(8(13)5-7)15-11(16)10-6-14-3-4-17-10/h1-2,5,10,14H,3-4,6H2,(H,15,16). The van der Waals surface area contributed by atoms with Gasteiger partial charge in [0.25, 0.3) is 5.91 Å². The molecule has 92 valence electrons. The summed E-state index contributed by atoms with van der Waals surface area (Å²) in [7, 11) is 0. The van der Waals surface area contributed by atoms with Gasteiger partial charge in [-0.2, -0.15) is 0 Å². The van der Waals surface area contributed by atoms with Crippen molar-refractivity contribution in [2.24, 2.45) is 0 Å². The zero-order chi connectivity index (χ0) is 12.3. The third-order valence-electron chi connectivity index (χ3n) is 2.41. The normalized spacial score (nSPS) is 20.0. The summed E-state index contributed by atoms with van der Waals surface area (Å²) in [6.45, 7) is 1.67. The summed E-state index contributed by atoms with van der Waals surface area (Å²) in [4.78, 5) is 11.8. The Labute approximate surface area is 107 Å². The van der Waals surface area contributed by atoms with Crippen LogP contribution in [-0.4, -0.2) is 31.7 Å². The van der Waals surface area contributed by atoms with Crippen molar-refractivity contribution in [3.8, 4) is 0 Å². The number of morpholine rings is 1. The molecule has 1 saturated heterocycles. The van der Waals surface area contributed by atoms with Gasteiger partial charge >= 0.3 is 0 Å². The molecule has 1 fully saturated rings. The molecule has 1 unspecified atom stereocenters. The van der Waals surface area contributed by atoms with Gasteiger partial charge in [-0.25, -0.2) is 4.39 Å². The van der Waals surface area contributed by atoms with Crippen LogP contribution in [0, 0.1) is 5.82 Å². The van der Waals surface area contributed by atoms with Crippen LogP contribution >= 0.6 is 15.9 Å². The van der Waals surface area contributed by atoms with Gasteiger partial charge < -0.3 is 15.4 Å². The fourth-order valence-corrected chi connectivity index (χ4v) is 1.87. The lowest BCUT2D eigenvalue weighted by Crippen LogP contribution is -2.45. The molecule has 6 heteroatoms. The van der Waals surface area contributed by atoms with E-state index in [-0.39, 0.29) is 11.6 Å². The van der Waals surface area contributed by atoms with E-state index in [2.05, 4.69) is 26.6 Å². The number of ether oxygens (including phenoxy) is 1. The van der Waals surface area contributed by atoms with Crippen molar-refractivity contribution in [3.05, 3.63) is 28.5 Å². The van der Waals surface area contributed by atoms with Gasteiger partial charge in [0, 0.05) is 17.6 Å². The number of carbonyl (C=O) groups excluding carboxylic acids is 1. The highest BCUT2D eigenvalue weighted by molar-refractivity contribution is 9.10. The van der Waals surface area contributed by atoms with Gasteiger partial charge in [0.1, 0.15) is 11.9 Å². The SMILES string of the molecule is O=C(Nc1ccc(Br)cc1F)C1CNCCO1. The third kappa shape index (κ3) is 3.24. The zero-order valence-corrected chi connectivity index (χ0v) is 10.6. The zero-order valence-electron chi connectivity index (χ0n) is 9.00. The summed E-state index contributed by atoms with van der Waals surface area (Å²) in [5.74, 6) is -0.810. The van der Waals surface area contributed by atoms with Gasteiger partial charge in [-0.1, -0.05) is 15.9 Å². The molecule has 1 atom stereocenters. The Morgan fingerprint density at radius 2 is 2.41 bits per heavy atom. The summed E-state index contributed by atoms with van der Waals surface area (Å²) in [6.07, 6.45) is -0.563. The lowest BCUT2D eigenvalue weighted by atomic mass is 10.2. The van der Waals surface area contributed by atoms with Crippen LogP contribution in [0.2, 0.25) is 0 Å². The van der Waals surface area contributed by atoms with E-state index in [1.807, 2.05) is 0 Å². The van der Waals surface area contributed by atoms with E-state index in [9.17, 15) is 9.18 Å². The number of carbonyl (C=O) groups is 1. The first-order chi connectivity index (χ1) is 8.16. The molecule has 0 spiro atoms. The number of hydrogen-bond donors (Lipinski definition) is 2. The minimum Gasteiger partial charge on any atom is -0.366 e. The van der Waals surface area contributed by atoms with Crippen LogP contribution in [0.15, 0.2) is 22.7 Å². The predicted molar refractivity (Wildman–Crippen MR) is 65.3 cm³/mol. The Kier molecular flexibility index (Phi) is 4.09. The number of nitrogens with one attached hydrogen (secondary N) is 2. The molecule has 1 aliphatic rings. The van der Waals surface area contributed by atoms with E-state index in [0.717, 1.165) is 6.54 Å². The van der Waals surface area contributed by atoms with Crippen molar-refractivity contribution in [2.45, 2.75) is 6.10 Å². The molecule has 4 nitrogen and oxygen atoms in total. The predicted octanol–water partition coefficient (Wildman–Crippen LogP) is 1.52. The molecular formula is C11H12BrFN2O2. The van der Waals surface area contributed by atoms with Crippen LogP contribution in [0.5, 0.6) is 0 Å². The van der Waals surface area contributed by atoms with E-state index in [4.69, 9.17) is 4.74 Å². The summed E-state index contributed by atoms with van der Waals surface area (Å²) in [5.41, 5.74) is 0.160. The van der Waals surface area contributed by atoms with Gasteiger partial charge in [-0.05, 0) is 18.2 Å². The second-order valence-electron chi connectivity index (χ2n) is 3.68. The van der Waals surface area contributed by atoms with Gasteiger partial charge in [0.2, 0.25) is 0 Å². The Bertz CT molecular complexity index is 422. The quantitative estimate of drug-likeness (QED) is 0.871. The minimum atomic E-state index is -0.563. The molecule has 17 heavy (non-hydrogen) atoms. The highest BCUT2D eigenvalue weighted by Crippen LogP contribution is 2.19. The van der Waals surface area contributed by atoms with Crippen molar-refractivity contribution in [2.75, 3.05) is 25.0 Å². The van der Waals surface area contributed by atoms with Crippen molar-refractivity contribution >= 4 is 27.5 Å². The molecule has 1 heterocycles. The number of hydrogen-bond acceptors (Lipinski definition) is 3. The van der Waals surface area contributed by atoms with E-state index < -0.39 is 11.9 Å². The molecule has 1 aliphatic heterocycles. The first kappa shape index (κ1) is 12.5. The maximum Gasteiger partial charge on any atom is 0.254 e. The van der Waals surface area contributed by atoms with E-state index in [0.29, 0.717) is 17.6 Å². The van der Waals surface area contributed by atoms with E-state index in [1.54, 1.807) is 6.07 Å². The van der Waals surface area contributed by atoms with Crippen molar-refractivity contribution in [3.63, 3.8) is 0 Å². The molecule has 0 bridgehead atoms. The van der Waals surface area contributed by atoms with E-state index in [1.165, 1.54) is 12.1 Å². The molecule has 0 aromatic heterocycles. The fourth-order valence-electron chi connectivity index (χ4n) is 1.54. The molecule has 1 amide bonds. The molecule has 1 aromatic rings. The number of anilines is 1. The molecule has 0 aliphatic carbocycles. The number of halogens is 2. The maximum atomic E-state index is 13.5. The largest absolute Gasteiger partial charge is 0.366 e. The molecule has 0 radical (unpaired) electrons. The molecule has 2 rings (SSSR count).